The summed E-state index contributed by atoms with van der Waals surface area (Å²) in [6, 6.07) is 7.33. The van der Waals surface area contributed by atoms with Gasteiger partial charge in [-0.2, -0.15) is 5.10 Å². The van der Waals surface area contributed by atoms with E-state index in [0.29, 0.717) is 24.7 Å². The molecule has 1 saturated heterocycles. The van der Waals surface area contributed by atoms with Crippen molar-refractivity contribution in [1.29, 1.82) is 0 Å². The van der Waals surface area contributed by atoms with Crippen molar-refractivity contribution in [3.8, 4) is 0 Å². The van der Waals surface area contributed by atoms with Crippen molar-refractivity contribution in [2.24, 2.45) is 5.41 Å². The lowest BCUT2D eigenvalue weighted by Crippen LogP contribution is -2.52. The zero-order valence-corrected chi connectivity index (χ0v) is 17.1. The fourth-order valence-corrected chi connectivity index (χ4v) is 3.64. The largest absolute Gasteiger partial charge is 0.459 e. The molecule has 8 heteroatoms. The van der Waals surface area contributed by atoms with Crippen molar-refractivity contribution in [1.82, 2.24) is 14.8 Å². The molecule has 2 heterocycles. The molecule has 28 heavy (non-hydrogen) atoms. The van der Waals surface area contributed by atoms with Gasteiger partial charge in [-0.15, -0.1) is 0 Å². The van der Waals surface area contributed by atoms with Gasteiger partial charge >= 0.3 is 5.97 Å². The number of nitrogens with zero attached hydrogens (tertiary/aromatic N) is 3. The molecule has 3 rings (SSSR count). The van der Waals surface area contributed by atoms with Crippen LogP contribution in [-0.4, -0.2) is 46.3 Å². The van der Waals surface area contributed by atoms with E-state index < -0.39 is 11.5 Å². The first-order chi connectivity index (χ1) is 13.4. The summed E-state index contributed by atoms with van der Waals surface area (Å²) in [6.45, 7) is 6.29. The average molecular weight is 408 g/mol. The van der Waals surface area contributed by atoms with Gasteiger partial charge in [-0.25, -0.2) is 9.67 Å². The Bertz CT molecular complexity index is 758. The lowest BCUT2D eigenvalue weighted by Gasteiger charge is -2.44. The Balaban J connectivity index is 1.92. The van der Waals surface area contributed by atoms with E-state index >= 15 is 0 Å². The molecule has 0 radical (unpaired) electrons. The molecule has 1 aliphatic heterocycles. The van der Waals surface area contributed by atoms with E-state index in [1.165, 1.54) is 13.3 Å². The third kappa shape index (κ3) is 4.90. The van der Waals surface area contributed by atoms with Gasteiger partial charge in [0.1, 0.15) is 18.8 Å². The van der Waals surface area contributed by atoms with Crippen molar-refractivity contribution in [2.75, 3.05) is 13.2 Å². The van der Waals surface area contributed by atoms with E-state index in [2.05, 4.69) is 10.1 Å². The third-order valence-electron chi connectivity index (χ3n) is 5.00. The maximum absolute atomic E-state index is 12.0. The van der Waals surface area contributed by atoms with Gasteiger partial charge in [0, 0.05) is 11.9 Å². The molecule has 0 saturated carbocycles. The molecule has 2 unspecified atom stereocenters. The van der Waals surface area contributed by atoms with Gasteiger partial charge in [-0.05, 0) is 30.5 Å². The van der Waals surface area contributed by atoms with Gasteiger partial charge in [0.15, 0.2) is 6.29 Å². The van der Waals surface area contributed by atoms with Crippen LogP contribution in [0.1, 0.15) is 38.8 Å². The number of carbonyl (C=O) groups is 1. The molecule has 1 aliphatic rings. The topological polar surface area (TPSA) is 75.5 Å². The van der Waals surface area contributed by atoms with Crippen LogP contribution in [0.4, 0.5) is 0 Å². The van der Waals surface area contributed by atoms with E-state index in [9.17, 15) is 4.79 Å². The summed E-state index contributed by atoms with van der Waals surface area (Å²) in [5, 5.41) is 4.99. The lowest BCUT2D eigenvalue weighted by molar-refractivity contribution is -0.252. The number of benzene rings is 1. The van der Waals surface area contributed by atoms with E-state index in [1.54, 1.807) is 11.0 Å². The molecule has 1 fully saturated rings. The Hall–Kier alpha value is -1.96. The summed E-state index contributed by atoms with van der Waals surface area (Å²) in [6.07, 6.45) is 3.73. The highest BCUT2D eigenvalue weighted by Gasteiger charge is 2.46. The molecular formula is C20H26ClN3O4. The molecule has 2 atom stereocenters. The molecule has 1 aromatic heterocycles. The van der Waals surface area contributed by atoms with Gasteiger partial charge in [-0.3, -0.25) is 4.79 Å². The highest BCUT2D eigenvalue weighted by Crippen LogP contribution is 2.38. The van der Waals surface area contributed by atoms with Crippen LogP contribution in [0.15, 0.2) is 36.9 Å². The summed E-state index contributed by atoms with van der Waals surface area (Å²) in [5.74, 6) is -0.356. The predicted molar refractivity (Wildman–Crippen MR) is 104 cm³/mol. The third-order valence-corrected chi connectivity index (χ3v) is 5.25. The first-order valence-corrected chi connectivity index (χ1v) is 9.78. The summed E-state index contributed by atoms with van der Waals surface area (Å²) >= 11 is 6.02. The Morgan fingerprint density at radius 3 is 2.57 bits per heavy atom. The molecule has 0 N–H and O–H groups in total. The standard InChI is InChI=1S/C20H26ClN3O4/c1-4-18-26-10-20(3,11-27-18)19(28-14(2)25)17(24-13-22-12-23-24)9-15-5-7-16(21)8-6-15/h5-8,12-13,17-19H,4,9-11H2,1-3H3. The molecule has 152 valence electrons. The monoisotopic (exact) mass is 407 g/mol. The smallest absolute Gasteiger partial charge is 0.303 e. The number of carbonyl (C=O) groups excluding carboxylic acids is 1. The first-order valence-electron chi connectivity index (χ1n) is 9.40. The van der Waals surface area contributed by atoms with Gasteiger partial charge in [0.2, 0.25) is 0 Å². The average Bonchev–Trinajstić information content (AvgIpc) is 3.21. The number of hydrogen-bond acceptors (Lipinski definition) is 6. The second-order valence-electron chi connectivity index (χ2n) is 7.42. The fourth-order valence-electron chi connectivity index (χ4n) is 3.51. The summed E-state index contributed by atoms with van der Waals surface area (Å²) in [5.41, 5.74) is 0.523. The quantitative estimate of drug-likeness (QED) is 0.654. The summed E-state index contributed by atoms with van der Waals surface area (Å²) in [7, 11) is 0. The number of rotatable bonds is 7. The minimum absolute atomic E-state index is 0.230. The number of halogens is 1. The van der Waals surface area contributed by atoms with Crippen LogP contribution in [0.5, 0.6) is 0 Å². The van der Waals surface area contributed by atoms with Gasteiger partial charge in [0.05, 0.1) is 24.7 Å². The van der Waals surface area contributed by atoms with Gasteiger partial charge < -0.3 is 14.2 Å². The molecule has 1 aromatic carbocycles. The van der Waals surface area contributed by atoms with Gasteiger partial charge in [0.25, 0.3) is 0 Å². The van der Waals surface area contributed by atoms with Crippen LogP contribution in [0.3, 0.4) is 0 Å². The zero-order valence-electron chi connectivity index (χ0n) is 16.4. The normalized spacial score (nSPS) is 24.5. The molecule has 2 aromatic rings. The second kappa shape index (κ2) is 9.03. The Kier molecular flexibility index (Phi) is 6.69. The van der Waals surface area contributed by atoms with Crippen LogP contribution >= 0.6 is 11.6 Å². The number of esters is 1. The number of hydrogen-bond donors (Lipinski definition) is 0. The van der Waals surface area contributed by atoms with E-state index in [0.717, 1.165) is 12.0 Å². The van der Waals surface area contributed by atoms with Crippen LogP contribution in [0, 0.1) is 5.41 Å². The second-order valence-corrected chi connectivity index (χ2v) is 7.85. The summed E-state index contributed by atoms with van der Waals surface area (Å²) in [4.78, 5) is 16.0. The molecule has 7 nitrogen and oxygen atoms in total. The highest BCUT2D eigenvalue weighted by molar-refractivity contribution is 6.30. The Morgan fingerprint density at radius 1 is 1.36 bits per heavy atom. The minimum Gasteiger partial charge on any atom is -0.459 e. The van der Waals surface area contributed by atoms with Crippen molar-refractivity contribution >= 4 is 17.6 Å². The van der Waals surface area contributed by atoms with Crippen LogP contribution in [-0.2, 0) is 25.4 Å². The maximum atomic E-state index is 12.0. The van der Waals surface area contributed by atoms with Crippen LogP contribution < -0.4 is 0 Å². The number of aromatic nitrogens is 3. The molecule has 0 aliphatic carbocycles. The number of ether oxygens (including phenoxy) is 3. The van der Waals surface area contributed by atoms with E-state index in [1.807, 2.05) is 38.1 Å². The van der Waals surface area contributed by atoms with Crippen molar-refractivity contribution in [3.63, 3.8) is 0 Å². The molecule has 0 bridgehead atoms. The van der Waals surface area contributed by atoms with Crippen molar-refractivity contribution in [3.05, 3.63) is 47.5 Å². The van der Waals surface area contributed by atoms with Gasteiger partial charge in [-0.1, -0.05) is 37.6 Å². The molecule has 0 spiro atoms. The first kappa shape index (κ1) is 20.8. The van der Waals surface area contributed by atoms with E-state index in [4.69, 9.17) is 25.8 Å². The predicted octanol–water partition coefficient (Wildman–Crippen LogP) is 3.44. The SMILES string of the molecule is CCC1OCC(C)(C(OC(C)=O)C(Cc2ccc(Cl)cc2)n2cncn2)CO1. The Labute approximate surface area is 169 Å². The van der Waals surface area contributed by atoms with Crippen LogP contribution in [0.25, 0.3) is 0 Å². The fraction of sp³-hybridized carbons (Fsp3) is 0.550. The molecular weight excluding hydrogens is 382 g/mol. The zero-order chi connectivity index (χ0) is 20.1. The highest BCUT2D eigenvalue weighted by atomic mass is 35.5. The lowest BCUT2D eigenvalue weighted by atomic mass is 9.79. The van der Waals surface area contributed by atoms with Crippen molar-refractivity contribution < 1.29 is 19.0 Å². The Morgan fingerprint density at radius 2 is 2.04 bits per heavy atom. The molecule has 0 amide bonds. The summed E-state index contributed by atoms with van der Waals surface area (Å²) < 4.78 is 19.3. The minimum atomic E-state index is -0.527. The van der Waals surface area contributed by atoms with E-state index in [-0.39, 0.29) is 18.3 Å². The van der Waals surface area contributed by atoms with Crippen molar-refractivity contribution in [2.45, 2.75) is 52.0 Å². The maximum Gasteiger partial charge on any atom is 0.303 e. The van der Waals surface area contributed by atoms with Crippen LogP contribution in [0.2, 0.25) is 5.02 Å².